The summed E-state index contributed by atoms with van der Waals surface area (Å²) in [7, 11) is 0. The molecule has 2 heteroatoms. The smallest absolute Gasteiger partial charge is 0.185 e. The SMILES string of the molecule is Cc1c(CC(C)C)coc1C=O. The third-order valence-electron chi connectivity index (χ3n) is 1.91. The monoisotopic (exact) mass is 166 g/mol. The number of rotatable bonds is 3. The predicted octanol–water partition coefficient (Wildman–Crippen LogP) is 2.60. The molecule has 1 heterocycles. The molecule has 0 saturated carbocycles. The van der Waals surface area contributed by atoms with Crippen molar-refractivity contribution in [2.45, 2.75) is 27.2 Å². The van der Waals surface area contributed by atoms with Gasteiger partial charge in [-0.2, -0.15) is 0 Å². The minimum absolute atomic E-state index is 0.464. The highest BCUT2D eigenvalue weighted by Gasteiger charge is 2.09. The maximum Gasteiger partial charge on any atom is 0.185 e. The Morgan fingerprint density at radius 3 is 2.67 bits per heavy atom. The van der Waals surface area contributed by atoms with Gasteiger partial charge < -0.3 is 4.42 Å². The molecule has 0 spiro atoms. The zero-order valence-corrected chi connectivity index (χ0v) is 7.76. The van der Waals surface area contributed by atoms with Crippen LogP contribution in [-0.4, -0.2) is 6.29 Å². The summed E-state index contributed by atoms with van der Waals surface area (Å²) >= 11 is 0. The molecule has 0 bridgehead atoms. The molecule has 66 valence electrons. The van der Waals surface area contributed by atoms with E-state index < -0.39 is 0 Å². The average Bonchev–Trinajstić information content (AvgIpc) is 2.32. The molecule has 0 aliphatic carbocycles. The summed E-state index contributed by atoms with van der Waals surface area (Å²) in [6.45, 7) is 6.21. The van der Waals surface area contributed by atoms with Crippen molar-refractivity contribution in [1.82, 2.24) is 0 Å². The van der Waals surface area contributed by atoms with Gasteiger partial charge in [-0.3, -0.25) is 4.79 Å². The van der Waals surface area contributed by atoms with Gasteiger partial charge in [-0.25, -0.2) is 0 Å². The summed E-state index contributed by atoms with van der Waals surface area (Å²) in [4.78, 5) is 10.4. The third kappa shape index (κ3) is 1.76. The van der Waals surface area contributed by atoms with Crippen LogP contribution in [0.4, 0.5) is 0 Å². The van der Waals surface area contributed by atoms with Gasteiger partial charge in [0.15, 0.2) is 12.0 Å². The molecule has 1 rings (SSSR count). The summed E-state index contributed by atoms with van der Waals surface area (Å²) < 4.78 is 5.08. The normalized spacial score (nSPS) is 10.7. The number of carbonyl (C=O) groups excluding carboxylic acids is 1. The highest BCUT2D eigenvalue weighted by molar-refractivity contribution is 5.73. The minimum atomic E-state index is 0.464. The van der Waals surface area contributed by atoms with Gasteiger partial charge in [0.05, 0.1) is 6.26 Å². The van der Waals surface area contributed by atoms with Gasteiger partial charge in [-0.15, -0.1) is 0 Å². The fraction of sp³-hybridized carbons (Fsp3) is 0.500. The third-order valence-corrected chi connectivity index (χ3v) is 1.91. The zero-order valence-electron chi connectivity index (χ0n) is 7.76. The lowest BCUT2D eigenvalue weighted by Crippen LogP contribution is -1.94. The van der Waals surface area contributed by atoms with E-state index in [2.05, 4.69) is 13.8 Å². The first-order valence-corrected chi connectivity index (χ1v) is 4.17. The predicted molar refractivity (Wildman–Crippen MR) is 47.4 cm³/mol. The molecule has 2 nitrogen and oxygen atoms in total. The summed E-state index contributed by atoms with van der Waals surface area (Å²) in [5.41, 5.74) is 2.13. The van der Waals surface area contributed by atoms with Crippen LogP contribution in [0.2, 0.25) is 0 Å². The topological polar surface area (TPSA) is 30.2 Å². The van der Waals surface area contributed by atoms with Gasteiger partial charge >= 0.3 is 0 Å². The van der Waals surface area contributed by atoms with Crippen LogP contribution >= 0.6 is 0 Å². The molecule has 0 unspecified atom stereocenters. The fourth-order valence-corrected chi connectivity index (χ4v) is 1.23. The van der Waals surface area contributed by atoms with Crippen molar-refractivity contribution in [3.63, 3.8) is 0 Å². The van der Waals surface area contributed by atoms with E-state index in [1.807, 2.05) is 6.92 Å². The molecule has 0 N–H and O–H groups in total. The number of aldehydes is 1. The van der Waals surface area contributed by atoms with E-state index >= 15 is 0 Å². The molecular formula is C10H14O2. The molecule has 0 aliphatic heterocycles. The van der Waals surface area contributed by atoms with Crippen molar-refractivity contribution < 1.29 is 9.21 Å². The van der Waals surface area contributed by atoms with Gasteiger partial charge in [-0.1, -0.05) is 13.8 Å². The Balaban J connectivity index is 2.86. The first-order chi connectivity index (χ1) is 5.65. The minimum Gasteiger partial charge on any atom is -0.461 e. The van der Waals surface area contributed by atoms with Crippen molar-refractivity contribution in [2.24, 2.45) is 5.92 Å². The molecule has 0 saturated heterocycles. The van der Waals surface area contributed by atoms with Crippen LogP contribution in [0.3, 0.4) is 0 Å². The highest BCUT2D eigenvalue weighted by atomic mass is 16.3. The first kappa shape index (κ1) is 9.04. The number of hydrogen-bond acceptors (Lipinski definition) is 2. The van der Waals surface area contributed by atoms with E-state index in [9.17, 15) is 4.79 Å². The Kier molecular flexibility index (Phi) is 2.69. The van der Waals surface area contributed by atoms with E-state index in [0.29, 0.717) is 11.7 Å². The Bertz CT molecular complexity index is 271. The second-order valence-corrected chi connectivity index (χ2v) is 3.47. The Hall–Kier alpha value is -1.05. The first-order valence-electron chi connectivity index (χ1n) is 4.17. The molecule has 0 radical (unpaired) electrons. The molecular weight excluding hydrogens is 152 g/mol. The molecule has 1 aromatic heterocycles. The lowest BCUT2D eigenvalue weighted by atomic mass is 10.0. The van der Waals surface area contributed by atoms with Gasteiger partial charge in [0.25, 0.3) is 0 Å². The van der Waals surface area contributed by atoms with Crippen molar-refractivity contribution in [2.75, 3.05) is 0 Å². The van der Waals surface area contributed by atoms with Gasteiger partial charge in [-0.05, 0) is 24.8 Å². The van der Waals surface area contributed by atoms with E-state index in [1.165, 1.54) is 0 Å². The fourth-order valence-electron chi connectivity index (χ4n) is 1.23. The highest BCUT2D eigenvalue weighted by Crippen LogP contribution is 2.17. The molecule has 0 aromatic carbocycles. The second-order valence-electron chi connectivity index (χ2n) is 3.47. The van der Waals surface area contributed by atoms with Crippen LogP contribution in [0, 0.1) is 12.8 Å². The van der Waals surface area contributed by atoms with Crippen LogP contribution < -0.4 is 0 Å². The van der Waals surface area contributed by atoms with E-state index in [4.69, 9.17) is 4.42 Å². The lowest BCUT2D eigenvalue weighted by molar-refractivity contribution is 0.110. The van der Waals surface area contributed by atoms with Gasteiger partial charge in [0, 0.05) is 5.56 Å². The Morgan fingerprint density at radius 2 is 2.25 bits per heavy atom. The summed E-state index contributed by atoms with van der Waals surface area (Å²) in [6.07, 6.45) is 3.42. The summed E-state index contributed by atoms with van der Waals surface area (Å²) in [6, 6.07) is 0. The maximum atomic E-state index is 10.4. The standard InChI is InChI=1S/C10H14O2/c1-7(2)4-9-6-12-10(5-11)8(9)3/h5-7H,4H2,1-3H3. The second kappa shape index (κ2) is 3.57. The molecule has 0 aliphatic rings. The zero-order chi connectivity index (χ0) is 9.14. The Labute approximate surface area is 72.6 Å². The van der Waals surface area contributed by atoms with Crippen molar-refractivity contribution in [3.05, 3.63) is 23.2 Å². The molecule has 0 amide bonds. The van der Waals surface area contributed by atoms with E-state index in [-0.39, 0.29) is 0 Å². The van der Waals surface area contributed by atoms with Crippen molar-refractivity contribution in [3.8, 4) is 0 Å². The number of furan rings is 1. The molecule has 1 aromatic rings. The van der Waals surface area contributed by atoms with Crippen molar-refractivity contribution >= 4 is 6.29 Å². The lowest BCUT2D eigenvalue weighted by Gasteiger charge is -2.01. The van der Waals surface area contributed by atoms with Crippen LogP contribution in [0.1, 0.15) is 35.5 Å². The van der Waals surface area contributed by atoms with Gasteiger partial charge in [0.2, 0.25) is 0 Å². The molecule has 0 fully saturated rings. The largest absolute Gasteiger partial charge is 0.461 e. The Morgan fingerprint density at radius 1 is 1.58 bits per heavy atom. The average molecular weight is 166 g/mol. The quantitative estimate of drug-likeness (QED) is 0.646. The van der Waals surface area contributed by atoms with Crippen LogP contribution in [0.15, 0.2) is 10.7 Å². The van der Waals surface area contributed by atoms with Crippen LogP contribution in [-0.2, 0) is 6.42 Å². The van der Waals surface area contributed by atoms with Crippen molar-refractivity contribution in [1.29, 1.82) is 0 Å². The summed E-state index contributed by atoms with van der Waals surface area (Å²) in [5.74, 6) is 1.06. The van der Waals surface area contributed by atoms with E-state index in [1.54, 1.807) is 6.26 Å². The number of hydrogen-bond donors (Lipinski definition) is 0. The van der Waals surface area contributed by atoms with Crippen LogP contribution in [0.25, 0.3) is 0 Å². The van der Waals surface area contributed by atoms with Crippen LogP contribution in [0.5, 0.6) is 0 Å². The summed E-state index contributed by atoms with van der Waals surface area (Å²) in [5, 5.41) is 0. The van der Waals surface area contributed by atoms with E-state index in [0.717, 1.165) is 23.8 Å². The molecule has 0 atom stereocenters. The van der Waals surface area contributed by atoms with Gasteiger partial charge in [0.1, 0.15) is 0 Å². The number of carbonyl (C=O) groups is 1. The molecule has 12 heavy (non-hydrogen) atoms. The maximum absolute atomic E-state index is 10.4.